The highest BCUT2D eigenvalue weighted by atomic mass is 35.5. The largest absolute Gasteiger partial charge is 0.362 e. The van der Waals surface area contributed by atoms with Gasteiger partial charge in [0.2, 0.25) is 0 Å². The third-order valence-electron chi connectivity index (χ3n) is 3.26. The number of thiocarbonyl (C=S) groups is 1. The van der Waals surface area contributed by atoms with Crippen molar-refractivity contribution in [1.29, 1.82) is 0 Å². The molecule has 0 saturated carbocycles. The van der Waals surface area contributed by atoms with Crippen LogP contribution in [0.1, 0.15) is 51.0 Å². The lowest BCUT2D eigenvalue weighted by molar-refractivity contribution is 0.603. The minimum absolute atomic E-state index is 0.670. The zero-order chi connectivity index (χ0) is 14.8. The molecule has 0 fully saturated rings. The molecule has 2 nitrogen and oxygen atoms in total. The summed E-state index contributed by atoms with van der Waals surface area (Å²) in [5.74, 6) is 0. The van der Waals surface area contributed by atoms with E-state index in [2.05, 4.69) is 17.6 Å². The van der Waals surface area contributed by atoms with Crippen molar-refractivity contribution in [1.82, 2.24) is 5.32 Å². The molecule has 4 heteroatoms. The molecule has 1 aromatic carbocycles. The number of halogens is 1. The van der Waals surface area contributed by atoms with Crippen LogP contribution >= 0.6 is 23.8 Å². The van der Waals surface area contributed by atoms with Crippen LogP contribution in [0.25, 0.3) is 0 Å². The Bertz CT molecular complexity index is 421. The third-order valence-corrected chi connectivity index (χ3v) is 3.75. The first kappa shape index (κ1) is 17.3. The van der Waals surface area contributed by atoms with Crippen molar-refractivity contribution in [2.45, 2.75) is 52.4 Å². The quantitative estimate of drug-likeness (QED) is 0.503. The van der Waals surface area contributed by atoms with Crippen molar-refractivity contribution >= 4 is 34.6 Å². The molecule has 0 aliphatic carbocycles. The molecule has 0 radical (unpaired) electrons. The highest BCUT2D eigenvalue weighted by molar-refractivity contribution is 7.80. The second-order valence-corrected chi connectivity index (χ2v) is 5.95. The summed E-state index contributed by atoms with van der Waals surface area (Å²) in [5.41, 5.74) is 2.11. The molecule has 2 N–H and O–H groups in total. The first-order valence-electron chi connectivity index (χ1n) is 7.44. The highest BCUT2D eigenvalue weighted by Crippen LogP contribution is 2.19. The van der Waals surface area contributed by atoms with Gasteiger partial charge in [-0.2, -0.15) is 0 Å². The molecule has 0 unspecified atom stereocenters. The van der Waals surface area contributed by atoms with E-state index >= 15 is 0 Å². The van der Waals surface area contributed by atoms with Crippen molar-refractivity contribution in [3.8, 4) is 0 Å². The van der Waals surface area contributed by atoms with E-state index in [1.165, 1.54) is 38.5 Å². The number of nitrogens with one attached hydrogen (secondary N) is 2. The van der Waals surface area contributed by atoms with Crippen LogP contribution in [0.4, 0.5) is 5.69 Å². The smallest absolute Gasteiger partial charge is 0.170 e. The minimum Gasteiger partial charge on any atom is -0.362 e. The Hall–Kier alpha value is -0.800. The van der Waals surface area contributed by atoms with Gasteiger partial charge < -0.3 is 10.6 Å². The van der Waals surface area contributed by atoms with Gasteiger partial charge in [-0.05, 0) is 43.3 Å². The minimum atomic E-state index is 0.670. The Morgan fingerprint density at radius 2 is 1.85 bits per heavy atom. The van der Waals surface area contributed by atoms with Crippen molar-refractivity contribution < 1.29 is 0 Å². The molecule has 1 rings (SSSR count). The lowest BCUT2D eigenvalue weighted by Gasteiger charge is -2.12. The Kier molecular flexibility index (Phi) is 8.63. The Labute approximate surface area is 133 Å². The SMILES string of the molecule is CCCCCCCCNC(=S)Nc1cc(Cl)ccc1C. The fourth-order valence-electron chi connectivity index (χ4n) is 2.00. The van der Waals surface area contributed by atoms with Crippen molar-refractivity contribution in [3.05, 3.63) is 28.8 Å². The van der Waals surface area contributed by atoms with E-state index in [0.29, 0.717) is 5.11 Å². The molecule has 0 spiro atoms. The predicted octanol–water partition coefficient (Wildman–Crippen LogP) is 5.30. The van der Waals surface area contributed by atoms with E-state index < -0.39 is 0 Å². The topological polar surface area (TPSA) is 24.1 Å². The van der Waals surface area contributed by atoms with Crippen LogP contribution in [0.2, 0.25) is 5.02 Å². The molecule has 0 aromatic heterocycles. The second kappa shape index (κ2) is 10.0. The number of hydrogen-bond donors (Lipinski definition) is 2. The van der Waals surface area contributed by atoms with Gasteiger partial charge in [-0.3, -0.25) is 0 Å². The first-order chi connectivity index (χ1) is 9.63. The number of aryl methyl sites for hydroxylation is 1. The maximum absolute atomic E-state index is 5.98. The number of anilines is 1. The molecule has 1 aromatic rings. The third kappa shape index (κ3) is 7.11. The molecule has 0 aliphatic heterocycles. The van der Waals surface area contributed by atoms with E-state index in [0.717, 1.165) is 22.8 Å². The summed E-state index contributed by atoms with van der Waals surface area (Å²) in [5, 5.41) is 7.83. The van der Waals surface area contributed by atoms with E-state index in [1.807, 2.05) is 25.1 Å². The van der Waals surface area contributed by atoms with Gasteiger partial charge in [0.15, 0.2) is 5.11 Å². The fraction of sp³-hybridized carbons (Fsp3) is 0.562. The average Bonchev–Trinajstić information content (AvgIpc) is 2.42. The zero-order valence-corrected chi connectivity index (χ0v) is 14.0. The Morgan fingerprint density at radius 3 is 2.60 bits per heavy atom. The summed E-state index contributed by atoms with van der Waals surface area (Å²) in [6.07, 6.45) is 7.75. The number of benzene rings is 1. The van der Waals surface area contributed by atoms with Gasteiger partial charge in [-0.25, -0.2) is 0 Å². The normalized spacial score (nSPS) is 10.3. The second-order valence-electron chi connectivity index (χ2n) is 5.11. The molecule has 0 heterocycles. The molecule has 0 saturated heterocycles. The maximum Gasteiger partial charge on any atom is 0.170 e. The molecule has 0 amide bonds. The van der Waals surface area contributed by atoms with Crippen LogP contribution in [0.15, 0.2) is 18.2 Å². The Balaban J connectivity index is 2.19. The van der Waals surface area contributed by atoms with Crippen LogP contribution in [-0.4, -0.2) is 11.7 Å². The first-order valence-corrected chi connectivity index (χ1v) is 8.23. The summed E-state index contributed by atoms with van der Waals surface area (Å²) < 4.78 is 0. The van der Waals surface area contributed by atoms with Crippen LogP contribution in [-0.2, 0) is 0 Å². The summed E-state index contributed by atoms with van der Waals surface area (Å²) in [7, 11) is 0. The van der Waals surface area contributed by atoms with Crippen molar-refractivity contribution in [2.75, 3.05) is 11.9 Å². The number of hydrogen-bond acceptors (Lipinski definition) is 1. The molecule has 20 heavy (non-hydrogen) atoms. The summed E-state index contributed by atoms with van der Waals surface area (Å²) >= 11 is 11.3. The lowest BCUT2D eigenvalue weighted by Crippen LogP contribution is -2.29. The van der Waals surface area contributed by atoms with E-state index in [-0.39, 0.29) is 0 Å². The number of rotatable bonds is 8. The van der Waals surface area contributed by atoms with Crippen molar-refractivity contribution in [3.63, 3.8) is 0 Å². The predicted molar refractivity (Wildman–Crippen MR) is 93.8 cm³/mol. The van der Waals surface area contributed by atoms with Gasteiger partial charge in [-0.15, -0.1) is 0 Å². The van der Waals surface area contributed by atoms with Crippen LogP contribution in [0.3, 0.4) is 0 Å². The van der Waals surface area contributed by atoms with E-state index in [4.69, 9.17) is 23.8 Å². The summed E-state index contributed by atoms with van der Waals surface area (Å²) in [6.45, 7) is 5.20. The van der Waals surface area contributed by atoms with Crippen LogP contribution in [0, 0.1) is 6.92 Å². The molecule has 112 valence electrons. The Morgan fingerprint density at radius 1 is 1.15 bits per heavy atom. The summed E-state index contributed by atoms with van der Waals surface area (Å²) in [4.78, 5) is 0. The van der Waals surface area contributed by atoms with E-state index in [9.17, 15) is 0 Å². The van der Waals surface area contributed by atoms with Gasteiger partial charge in [0.1, 0.15) is 0 Å². The van der Waals surface area contributed by atoms with E-state index in [1.54, 1.807) is 0 Å². The van der Waals surface area contributed by atoms with Crippen LogP contribution < -0.4 is 10.6 Å². The molecule has 0 atom stereocenters. The maximum atomic E-state index is 5.98. The zero-order valence-electron chi connectivity index (χ0n) is 12.5. The van der Waals surface area contributed by atoms with Gasteiger partial charge in [0.05, 0.1) is 0 Å². The van der Waals surface area contributed by atoms with Gasteiger partial charge in [0, 0.05) is 17.3 Å². The molecule has 0 aliphatic rings. The van der Waals surface area contributed by atoms with Gasteiger partial charge >= 0.3 is 0 Å². The average molecular weight is 313 g/mol. The van der Waals surface area contributed by atoms with Crippen molar-refractivity contribution in [2.24, 2.45) is 0 Å². The monoisotopic (exact) mass is 312 g/mol. The molecule has 0 bridgehead atoms. The van der Waals surface area contributed by atoms with Gasteiger partial charge in [-0.1, -0.05) is 56.7 Å². The lowest BCUT2D eigenvalue weighted by atomic mass is 10.1. The molecular weight excluding hydrogens is 288 g/mol. The van der Waals surface area contributed by atoms with Crippen LogP contribution in [0.5, 0.6) is 0 Å². The summed E-state index contributed by atoms with van der Waals surface area (Å²) in [6, 6.07) is 5.77. The highest BCUT2D eigenvalue weighted by Gasteiger charge is 2.01. The fourth-order valence-corrected chi connectivity index (χ4v) is 2.39. The van der Waals surface area contributed by atoms with Gasteiger partial charge in [0.25, 0.3) is 0 Å². The standard InChI is InChI=1S/C16H25ClN2S/c1-3-4-5-6-7-8-11-18-16(20)19-15-12-14(17)10-9-13(15)2/h9-10,12H,3-8,11H2,1-2H3,(H2,18,19,20). The number of unbranched alkanes of at least 4 members (excludes halogenated alkanes) is 5. The molecular formula is C16H25ClN2S.